The van der Waals surface area contributed by atoms with E-state index in [0.29, 0.717) is 12.2 Å². The Labute approximate surface area is 182 Å². The van der Waals surface area contributed by atoms with E-state index in [4.69, 9.17) is 0 Å². The number of rotatable bonds is 6. The second-order valence-electron chi connectivity index (χ2n) is 7.02. The number of aryl methyl sites for hydroxylation is 1. The molecule has 4 aromatic rings. The van der Waals surface area contributed by atoms with Gasteiger partial charge in [-0.1, -0.05) is 42.5 Å². The van der Waals surface area contributed by atoms with Crippen molar-refractivity contribution in [2.24, 2.45) is 0 Å². The molecule has 0 fully saturated rings. The van der Waals surface area contributed by atoms with Crippen LogP contribution >= 0.6 is 11.3 Å². The van der Waals surface area contributed by atoms with Gasteiger partial charge >= 0.3 is 5.69 Å². The number of thiazole rings is 1. The molecule has 0 aliphatic carbocycles. The van der Waals surface area contributed by atoms with Crippen molar-refractivity contribution in [3.63, 3.8) is 0 Å². The van der Waals surface area contributed by atoms with E-state index >= 15 is 0 Å². The first-order valence-electron chi connectivity index (χ1n) is 9.66. The summed E-state index contributed by atoms with van der Waals surface area (Å²) in [4.78, 5) is 42.0. The largest absolute Gasteiger partial charge is 0.331 e. The van der Waals surface area contributed by atoms with Gasteiger partial charge in [-0.15, -0.1) is 11.3 Å². The van der Waals surface area contributed by atoms with Crippen LogP contribution in [0.1, 0.15) is 10.6 Å². The Morgan fingerprint density at radius 3 is 2.61 bits per heavy atom. The molecular formula is C23H20N4O3S. The second-order valence-corrected chi connectivity index (χ2v) is 8.08. The summed E-state index contributed by atoms with van der Waals surface area (Å²) in [6.07, 6.45) is 1.45. The van der Waals surface area contributed by atoms with Crippen molar-refractivity contribution in [1.29, 1.82) is 0 Å². The van der Waals surface area contributed by atoms with Gasteiger partial charge in [0.25, 0.3) is 5.56 Å². The minimum atomic E-state index is -0.529. The van der Waals surface area contributed by atoms with Gasteiger partial charge in [-0.05, 0) is 24.6 Å². The molecule has 0 aliphatic heterocycles. The van der Waals surface area contributed by atoms with Gasteiger partial charge in [0, 0.05) is 28.9 Å². The molecule has 7 nitrogen and oxygen atoms in total. The lowest BCUT2D eigenvalue weighted by Gasteiger charge is -2.11. The predicted octanol–water partition coefficient (Wildman–Crippen LogP) is 3.13. The maximum Gasteiger partial charge on any atom is 0.331 e. The van der Waals surface area contributed by atoms with E-state index in [1.165, 1.54) is 16.8 Å². The Hall–Kier alpha value is -3.78. The average molecular weight is 433 g/mol. The minimum absolute atomic E-state index is 0.316. The summed E-state index contributed by atoms with van der Waals surface area (Å²) >= 11 is 1.55. The number of carbonyl (C=O) groups excluding carboxylic acids is 1. The monoisotopic (exact) mass is 432 g/mol. The first kappa shape index (κ1) is 20.5. The summed E-state index contributed by atoms with van der Waals surface area (Å²) in [5, 5.41) is 5.67. The van der Waals surface area contributed by atoms with Gasteiger partial charge in [0.05, 0.1) is 17.2 Å². The highest BCUT2D eigenvalue weighted by Gasteiger charge is 2.11. The van der Waals surface area contributed by atoms with Crippen LogP contribution in [0.3, 0.4) is 0 Å². The van der Waals surface area contributed by atoms with Crippen LogP contribution in [-0.4, -0.2) is 20.0 Å². The number of nitrogens with zero attached hydrogens (tertiary/aromatic N) is 3. The fourth-order valence-corrected chi connectivity index (χ4v) is 3.82. The highest BCUT2D eigenvalue weighted by atomic mass is 32.1. The standard InChI is InChI=1S/C23H20N4O3S/c1-16-24-20(15-31-16)18-8-5-9-19(12-18)25-21(28)14-27-22(29)10-11-26(23(27)30)13-17-6-3-2-4-7-17/h2-12,15H,13-14H2,1H3,(H,25,28). The van der Waals surface area contributed by atoms with Crippen LogP contribution in [0.25, 0.3) is 11.3 Å². The van der Waals surface area contributed by atoms with Gasteiger partial charge in [0.1, 0.15) is 6.54 Å². The van der Waals surface area contributed by atoms with E-state index in [1.54, 1.807) is 17.4 Å². The van der Waals surface area contributed by atoms with E-state index in [-0.39, 0.29) is 6.54 Å². The van der Waals surface area contributed by atoms with Crippen LogP contribution in [0, 0.1) is 6.92 Å². The molecule has 0 saturated heterocycles. The third-order valence-electron chi connectivity index (χ3n) is 4.70. The van der Waals surface area contributed by atoms with E-state index in [1.807, 2.05) is 60.8 Å². The minimum Gasteiger partial charge on any atom is -0.325 e. The lowest BCUT2D eigenvalue weighted by Crippen LogP contribution is -2.41. The van der Waals surface area contributed by atoms with Crippen LogP contribution in [-0.2, 0) is 17.9 Å². The summed E-state index contributed by atoms with van der Waals surface area (Å²) in [5.41, 5.74) is 2.16. The zero-order valence-electron chi connectivity index (χ0n) is 16.8. The van der Waals surface area contributed by atoms with Crippen molar-refractivity contribution >= 4 is 22.9 Å². The molecular weight excluding hydrogens is 412 g/mol. The quantitative estimate of drug-likeness (QED) is 0.507. The Morgan fingerprint density at radius 1 is 1.06 bits per heavy atom. The highest BCUT2D eigenvalue weighted by Crippen LogP contribution is 2.24. The van der Waals surface area contributed by atoms with Crippen molar-refractivity contribution in [2.45, 2.75) is 20.0 Å². The zero-order chi connectivity index (χ0) is 21.8. The van der Waals surface area contributed by atoms with Crippen molar-refractivity contribution < 1.29 is 4.79 Å². The molecule has 0 unspecified atom stereocenters. The topological polar surface area (TPSA) is 86.0 Å². The molecule has 1 amide bonds. The maximum atomic E-state index is 12.8. The molecule has 2 heterocycles. The second kappa shape index (κ2) is 8.93. The van der Waals surface area contributed by atoms with Gasteiger partial charge in [-0.2, -0.15) is 0 Å². The van der Waals surface area contributed by atoms with Crippen LogP contribution in [0.2, 0.25) is 0 Å². The molecule has 0 spiro atoms. The summed E-state index contributed by atoms with van der Waals surface area (Å²) in [6, 6.07) is 18.0. The molecule has 0 radical (unpaired) electrons. The number of nitrogens with one attached hydrogen (secondary N) is 1. The van der Waals surface area contributed by atoms with Crippen molar-refractivity contribution in [3.8, 4) is 11.3 Å². The van der Waals surface area contributed by atoms with E-state index < -0.39 is 17.2 Å². The molecule has 8 heteroatoms. The van der Waals surface area contributed by atoms with E-state index in [9.17, 15) is 14.4 Å². The highest BCUT2D eigenvalue weighted by molar-refractivity contribution is 7.09. The summed E-state index contributed by atoms with van der Waals surface area (Å²) < 4.78 is 2.35. The molecule has 0 aliphatic rings. The Balaban J connectivity index is 1.52. The number of carbonyl (C=O) groups is 1. The predicted molar refractivity (Wildman–Crippen MR) is 121 cm³/mol. The fraction of sp³-hybridized carbons (Fsp3) is 0.130. The Kier molecular flexibility index (Phi) is 5.90. The molecule has 156 valence electrons. The third-order valence-corrected chi connectivity index (χ3v) is 5.47. The van der Waals surface area contributed by atoms with Crippen LogP contribution < -0.4 is 16.6 Å². The number of hydrogen-bond acceptors (Lipinski definition) is 5. The lowest BCUT2D eigenvalue weighted by molar-refractivity contribution is -0.116. The fourth-order valence-electron chi connectivity index (χ4n) is 3.20. The van der Waals surface area contributed by atoms with E-state index in [2.05, 4.69) is 10.3 Å². The first-order valence-corrected chi connectivity index (χ1v) is 10.5. The van der Waals surface area contributed by atoms with Gasteiger partial charge in [-0.3, -0.25) is 18.7 Å². The molecule has 1 N–H and O–H groups in total. The molecule has 4 rings (SSSR count). The molecule has 2 aromatic carbocycles. The Bertz CT molecular complexity index is 1340. The number of aromatic nitrogens is 3. The van der Waals surface area contributed by atoms with Gasteiger partial charge in [-0.25, -0.2) is 9.78 Å². The normalized spacial score (nSPS) is 10.7. The first-order chi connectivity index (χ1) is 15.0. The SMILES string of the molecule is Cc1nc(-c2cccc(NC(=O)Cn3c(=O)ccn(Cc4ccccc4)c3=O)c2)cs1. The summed E-state index contributed by atoms with van der Waals surface area (Å²) in [6.45, 7) is 1.88. The van der Waals surface area contributed by atoms with Gasteiger partial charge in [0.2, 0.25) is 5.91 Å². The molecule has 31 heavy (non-hydrogen) atoms. The lowest BCUT2D eigenvalue weighted by atomic mass is 10.1. The van der Waals surface area contributed by atoms with Crippen LogP contribution in [0.15, 0.2) is 81.8 Å². The van der Waals surface area contributed by atoms with Gasteiger partial charge in [0.15, 0.2) is 0 Å². The molecule has 0 bridgehead atoms. The molecule has 0 atom stereocenters. The van der Waals surface area contributed by atoms with E-state index in [0.717, 1.165) is 26.4 Å². The number of benzene rings is 2. The van der Waals surface area contributed by atoms with Crippen molar-refractivity contribution in [2.75, 3.05) is 5.32 Å². The van der Waals surface area contributed by atoms with Crippen LogP contribution in [0.4, 0.5) is 5.69 Å². The average Bonchev–Trinajstić information content (AvgIpc) is 3.20. The van der Waals surface area contributed by atoms with Gasteiger partial charge < -0.3 is 5.32 Å². The smallest absolute Gasteiger partial charge is 0.325 e. The Morgan fingerprint density at radius 2 is 1.87 bits per heavy atom. The molecule has 0 saturated carbocycles. The molecule has 2 aromatic heterocycles. The zero-order valence-corrected chi connectivity index (χ0v) is 17.6. The van der Waals surface area contributed by atoms with Crippen molar-refractivity contribution in [1.82, 2.24) is 14.1 Å². The summed E-state index contributed by atoms with van der Waals surface area (Å²) in [7, 11) is 0. The van der Waals surface area contributed by atoms with Crippen molar-refractivity contribution in [3.05, 3.63) is 104 Å². The number of hydrogen-bond donors (Lipinski definition) is 1. The van der Waals surface area contributed by atoms with Crippen LogP contribution in [0.5, 0.6) is 0 Å². The summed E-state index contributed by atoms with van der Waals surface area (Å²) in [5.74, 6) is -0.455. The maximum absolute atomic E-state index is 12.8. The third kappa shape index (κ3) is 4.87. The number of anilines is 1. The number of amides is 1.